The summed E-state index contributed by atoms with van der Waals surface area (Å²) in [6.07, 6.45) is 1.37. The van der Waals surface area contributed by atoms with E-state index in [0.717, 1.165) is 12.5 Å². The van der Waals surface area contributed by atoms with Gasteiger partial charge in [0, 0.05) is 26.3 Å². The number of nitro groups is 1. The number of hydrogen-bond donors (Lipinski definition) is 0. The zero-order valence-corrected chi connectivity index (χ0v) is 13.9. The Morgan fingerprint density at radius 3 is 2.73 bits per heavy atom. The first-order chi connectivity index (χ1) is 10.3. The van der Waals surface area contributed by atoms with E-state index in [-0.39, 0.29) is 28.3 Å². The summed E-state index contributed by atoms with van der Waals surface area (Å²) in [6, 6.07) is 2.34. The zero-order valence-electron chi connectivity index (χ0n) is 12.3. The van der Waals surface area contributed by atoms with Gasteiger partial charge in [0.25, 0.3) is 5.69 Å². The van der Waals surface area contributed by atoms with Crippen molar-refractivity contribution in [3.63, 3.8) is 0 Å². The molecule has 122 valence electrons. The van der Waals surface area contributed by atoms with Crippen LogP contribution in [0.5, 0.6) is 0 Å². The number of ether oxygens (including phenoxy) is 1. The number of sulfonamides is 1. The maximum Gasteiger partial charge on any atom is 0.288 e. The Labute approximate surface area is 134 Å². The highest BCUT2D eigenvalue weighted by atomic mass is 35.5. The minimum Gasteiger partial charge on any atom is -0.380 e. The molecule has 1 aliphatic heterocycles. The van der Waals surface area contributed by atoms with Gasteiger partial charge in [0.2, 0.25) is 10.0 Å². The van der Waals surface area contributed by atoms with Crippen molar-refractivity contribution in [1.82, 2.24) is 4.31 Å². The molecular formula is C13H17ClN2O5S. The fourth-order valence-corrected chi connectivity index (χ4v) is 4.56. The maximum absolute atomic E-state index is 12.7. The fraction of sp³-hybridized carbons (Fsp3) is 0.538. The molecule has 2 rings (SSSR count). The molecule has 1 atom stereocenters. The van der Waals surface area contributed by atoms with Gasteiger partial charge in [0.05, 0.1) is 15.9 Å². The van der Waals surface area contributed by atoms with E-state index in [1.54, 1.807) is 7.11 Å². The summed E-state index contributed by atoms with van der Waals surface area (Å²) >= 11 is 5.85. The average Bonchev–Trinajstić information content (AvgIpc) is 2.48. The predicted molar refractivity (Wildman–Crippen MR) is 81.6 cm³/mol. The Kier molecular flexibility index (Phi) is 5.06. The molecule has 7 nitrogen and oxygen atoms in total. The summed E-state index contributed by atoms with van der Waals surface area (Å²) in [5, 5.41) is 10.7. The molecule has 0 radical (unpaired) electrons. The molecule has 0 aliphatic carbocycles. The predicted octanol–water partition coefficient (Wildman–Crippen LogP) is 2.36. The summed E-state index contributed by atoms with van der Waals surface area (Å²) in [4.78, 5) is 10.2. The van der Waals surface area contributed by atoms with Crippen molar-refractivity contribution >= 4 is 27.3 Å². The number of hydrogen-bond acceptors (Lipinski definition) is 5. The van der Waals surface area contributed by atoms with Gasteiger partial charge in [-0.25, -0.2) is 8.42 Å². The lowest BCUT2D eigenvalue weighted by Crippen LogP contribution is -2.43. The number of nitro benzene ring substituents is 1. The zero-order chi connectivity index (χ0) is 16.5. The van der Waals surface area contributed by atoms with Crippen LogP contribution in [0.3, 0.4) is 0 Å². The largest absolute Gasteiger partial charge is 0.380 e. The first kappa shape index (κ1) is 17.1. The quantitative estimate of drug-likeness (QED) is 0.615. The molecular weight excluding hydrogens is 332 g/mol. The smallest absolute Gasteiger partial charge is 0.288 e. The van der Waals surface area contributed by atoms with Crippen LogP contribution in [-0.4, -0.2) is 43.9 Å². The highest BCUT2D eigenvalue weighted by Crippen LogP contribution is 2.32. The lowest BCUT2D eigenvalue weighted by Gasteiger charge is -2.31. The fourth-order valence-electron chi connectivity index (χ4n) is 2.52. The lowest BCUT2D eigenvalue weighted by molar-refractivity contribution is -0.384. The van der Waals surface area contributed by atoms with Crippen LogP contribution in [0.2, 0.25) is 5.02 Å². The van der Waals surface area contributed by atoms with Crippen LogP contribution < -0.4 is 0 Å². The van der Waals surface area contributed by atoms with E-state index >= 15 is 0 Å². The van der Waals surface area contributed by atoms with Gasteiger partial charge >= 0.3 is 0 Å². The van der Waals surface area contributed by atoms with Crippen molar-refractivity contribution in [2.24, 2.45) is 0 Å². The molecule has 0 spiro atoms. The van der Waals surface area contributed by atoms with Gasteiger partial charge in [-0.2, -0.15) is 4.31 Å². The lowest BCUT2D eigenvalue weighted by atomic mass is 10.1. The minimum atomic E-state index is -3.75. The second kappa shape index (κ2) is 6.49. The van der Waals surface area contributed by atoms with Crippen LogP contribution in [0, 0.1) is 17.0 Å². The van der Waals surface area contributed by atoms with Crippen molar-refractivity contribution in [2.45, 2.75) is 30.8 Å². The van der Waals surface area contributed by atoms with Crippen LogP contribution in [0.1, 0.15) is 18.4 Å². The third-order valence-corrected chi connectivity index (χ3v) is 6.04. The monoisotopic (exact) mass is 348 g/mol. The van der Waals surface area contributed by atoms with E-state index in [4.69, 9.17) is 16.3 Å². The molecule has 1 aliphatic rings. The number of halogens is 1. The number of aryl methyl sites for hydroxylation is 1. The second-order valence-corrected chi connectivity index (χ2v) is 7.50. The van der Waals surface area contributed by atoms with Crippen LogP contribution in [-0.2, 0) is 14.8 Å². The van der Waals surface area contributed by atoms with Crippen LogP contribution in [0.4, 0.5) is 5.69 Å². The molecule has 9 heteroatoms. The Morgan fingerprint density at radius 2 is 2.14 bits per heavy atom. The molecule has 0 N–H and O–H groups in total. The molecule has 1 heterocycles. The summed E-state index contributed by atoms with van der Waals surface area (Å²) in [6.45, 7) is 2.19. The van der Waals surface area contributed by atoms with Gasteiger partial charge in [-0.15, -0.1) is 0 Å². The Hall–Kier alpha value is -1.22. The average molecular weight is 349 g/mol. The van der Waals surface area contributed by atoms with Gasteiger partial charge in [0.15, 0.2) is 0 Å². The van der Waals surface area contributed by atoms with Gasteiger partial charge in [-0.1, -0.05) is 11.6 Å². The van der Waals surface area contributed by atoms with E-state index in [1.165, 1.54) is 17.3 Å². The van der Waals surface area contributed by atoms with Gasteiger partial charge in [0.1, 0.15) is 5.02 Å². The van der Waals surface area contributed by atoms with Gasteiger partial charge in [-0.05, 0) is 31.4 Å². The number of nitrogens with zero attached hydrogens (tertiary/aromatic N) is 2. The summed E-state index contributed by atoms with van der Waals surface area (Å²) < 4.78 is 32.1. The number of benzene rings is 1. The normalized spacial score (nSPS) is 20.0. The van der Waals surface area contributed by atoms with Crippen LogP contribution in [0.15, 0.2) is 17.0 Å². The topological polar surface area (TPSA) is 89.8 Å². The third-order valence-electron chi connectivity index (χ3n) is 3.73. The van der Waals surface area contributed by atoms with Gasteiger partial charge in [-0.3, -0.25) is 10.1 Å². The minimum absolute atomic E-state index is 0.000136. The first-order valence-electron chi connectivity index (χ1n) is 6.75. The van der Waals surface area contributed by atoms with Crippen molar-refractivity contribution in [3.8, 4) is 0 Å². The SMILES string of the molecule is COC1CCCN(S(=O)(=O)c2cc(Cl)c([N+](=O)[O-])cc2C)C1. The van der Waals surface area contributed by atoms with Crippen molar-refractivity contribution in [1.29, 1.82) is 0 Å². The molecule has 1 aromatic rings. The van der Waals surface area contributed by atoms with Crippen molar-refractivity contribution in [3.05, 3.63) is 32.8 Å². The molecule has 0 aromatic heterocycles. The summed E-state index contributed by atoms with van der Waals surface area (Å²) in [5.41, 5.74) is 0.00201. The Balaban J connectivity index is 2.41. The third kappa shape index (κ3) is 3.24. The van der Waals surface area contributed by atoms with E-state index in [1.807, 2.05) is 0 Å². The molecule has 1 aromatic carbocycles. The second-order valence-electron chi connectivity index (χ2n) is 5.19. The van der Waals surface area contributed by atoms with Crippen molar-refractivity contribution in [2.75, 3.05) is 20.2 Å². The molecule has 0 saturated carbocycles. The number of piperidine rings is 1. The highest BCUT2D eigenvalue weighted by Gasteiger charge is 2.32. The van der Waals surface area contributed by atoms with E-state index < -0.39 is 14.9 Å². The standard InChI is InChI=1S/C13H17ClN2O5S/c1-9-6-12(16(17)18)11(14)7-13(9)22(19,20)15-5-3-4-10(8-15)21-2/h6-7,10H,3-5,8H2,1-2H3. The van der Waals surface area contributed by atoms with E-state index in [2.05, 4.69) is 0 Å². The first-order valence-corrected chi connectivity index (χ1v) is 8.56. The summed E-state index contributed by atoms with van der Waals surface area (Å²) in [7, 11) is -2.20. The highest BCUT2D eigenvalue weighted by molar-refractivity contribution is 7.89. The number of rotatable bonds is 4. The molecule has 22 heavy (non-hydrogen) atoms. The van der Waals surface area contributed by atoms with Crippen LogP contribution in [0.25, 0.3) is 0 Å². The van der Waals surface area contributed by atoms with Gasteiger partial charge < -0.3 is 4.74 Å². The molecule has 0 amide bonds. The Morgan fingerprint density at radius 1 is 1.45 bits per heavy atom. The van der Waals surface area contributed by atoms with E-state index in [0.29, 0.717) is 18.5 Å². The van der Waals surface area contributed by atoms with Crippen molar-refractivity contribution < 1.29 is 18.1 Å². The maximum atomic E-state index is 12.7. The molecule has 0 bridgehead atoms. The number of methoxy groups -OCH3 is 1. The molecule has 1 unspecified atom stereocenters. The molecule has 1 fully saturated rings. The Bertz CT molecular complexity index is 692. The van der Waals surface area contributed by atoms with Crippen LogP contribution >= 0.6 is 11.6 Å². The summed E-state index contributed by atoms with van der Waals surface area (Å²) in [5.74, 6) is 0. The van der Waals surface area contributed by atoms with E-state index in [9.17, 15) is 18.5 Å². The molecule has 1 saturated heterocycles.